The molecule has 0 amide bonds. The van der Waals surface area contributed by atoms with Crippen LogP contribution in [0.4, 0.5) is 0 Å². The molecule has 2 heterocycles. The van der Waals surface area contributed by atoms with Gasteiger partial charge in [0.25, 0.3) is 5.56 Å². The van der Waals surface area contributed by atoms with Crippen LogP contribution in [0, 0.1) is 6.92 Å². The number of aryl methyl sites for hydroxylation is 1. The molecule has 0 fully saturated rings. The summed E-state index contributed by atoms with van der Waals surface area (Å²) in [4.78, 5) is 19.1. The fourth-order valence-corrected chi connectivity index (χ4v) is 3.97. The molecule has 0 spiro atoms. The van der Waals surface area contributed by atoms with Gasteiger partial charge in [0.15, 0.2) is 17.5 Å². The van der Waals surface area contributed by atoms with Crippen LogP contribution in [0.2, 0.25) is 0 Å². The van der Waals surface area contributed by atoms with Crippen molar-refractivity contribution in [2.24, 2.45) is 4.99 Å². The van der Waals surface area contributed by atoms with Gasteiger partial charge in [0.1, 0.15) is 0 Å². The summed E-state index contributed by atoms with van der Waals surface area (Å²) in [6, 6.07) is 9.56. The second-order valence-corrected chi connectivity index (χ2v) is 7.75. The Morgan fingerprint density at radius 3 is 2.50 bits per heavy atom. The molecule has 1 N–H and O–H groups in total. The summed E-state index contributed by atoms with van der Waals surface area (Å²) in [6.45, 7) is 8.06. The minimum atomic E-state index is 0. The van der Waals surface area contributed by atoms with Crippen molar-refractivity contribution in [1.29, 1.82) is 0 Å². The van der Waals surface area contributed by atoms with Crippen molar-refractivity contribution in [3.8, 4) is 11.5 Å². The molecule has 32 heavy (non-hydrogen) atoms. The van der Waals surface area contributed by atoms with E-state index >= 15 is 0 Å². The van der Waals surface area contributed by atoms with Crippen molar-refractivity contribution in [2.75, 3.05) is 33.9 Å². The predicted molar refractivity (Wildman–Crippen MR) is 140 cm³/mol. The Morgan fingerprint density at radius 2 is 1.84 bits per heavy atom. The number of nitrogens with one attached hydrogen (secondary N) is 1. The molecule has 0 aliphatic carbocycles. The molecule has 1 aliphatic rings. The molecule has 1 aromatic carbocycles. The number of hydrogen-bond donors (Lipinski definition) is 1. The van der Waals surface area contributed by atoms with Crippen LogP contribution in [0.5, 0.6) is 11.5 Å². The largest absolute Gasteiger partial charge is 0.493 e. The number of guanidine groups is 1. The summed E-state index contributed by atoms with van der Waals surface area (Å²) in [7, 11) is 3.34. The van der Waals surface area contributed by atoms with Gasteiger partial charge in [-0.3, -0.25) is 9.79 Å². The number of hydrogen-bond acceptors (Lipinski definition) is 4. The van der Waals surface area contributed by atoms with Gasteiger partial charge in [0.2, 0.25) is 0 Å². The summed E-state index contributed by atoms with van der Waals surface area (Å²) in [5.41, 5.74) is 3.61. The average molecular weight is 554 g/mol. The maximum Gasteiger partial charge on any atom is 0.250 e. The molecule has 7 nitrogen and oxygen atoms in total. The van der Waals surface area contributed by atoms with Gasteiger partial charge >= 0.3 is 0 Å². The van der Waals surface area contributed by atoms with E-state index in [0.29, 0.717) is 0 Å². The maximum atomic E-state index is 12.0. The molecule has 1 aliphatic heterocycles. The highest BCUT2D eigenvalue weighted by Crippen LogP contribution is 2.33. The SMILES string of the molecule is CCNC(=NCCCCn1c(C)cccc1=O)N1CCc2cc(OC)c(OC)cc2C1.I. The van der Waals surface area contributed by atoms with Gasteiger partial charge in [-0.2, -0.15) is 0 Å². The number of halogens is 1. The molecular formula is C24H35IN4O3. The molecule has 1 aromatic heterocycles. The smallest absolute Gasteiger partial charge is 0.250 e. The summed E-state index contributed by atoms with van der Waals surface area (Å²) in [5.74, 6) is 2.48. The second kappa shape index (κ2) is 12.7. The van der Waals surface area contributed by atoms with Gasteiger partial charge in [0.05, 0.1) is 14.2 Å². The summed E-state index contributed by atoms with van der Waals surface area (Å²) < 4.78 is 12.8. The first-order valence-corrected chi connectivity index (χ1v) is 11.0. The molecule has 0 bridgehead atoms. The third-order valence-electron chi connectivity index (χ3n) is 5.67. The zero-order valence-corrected chi connectivity index (χ0v) is 21.8. The monoisotopic (exact) mass is 554 g/mol. The van der Waals surface area contributed by atoms with Crippen LogP contribution in [0.1, 0.15) is 36.6 Å². The van der Waals surface area contributed by atoms with Crippen molar-refractivity contribution >= 4 is 29.9 Å². The Kier molecular flexibility index (Phi) is 10.3. The second-order valence-electron chi connectivity index (χ2n) is 7.75. The first-order chi connectivity index (χ1) is 15.1. The first-order valence-electron chi connectivity index (χ1n) is 11.0. The summed E-state index contributed by atoms with van der Waals surface area (Å²) >= 11 is 0. The van der Waals surface area contributed by atoms with Gasteiger partial charge in [-0.05, 0) is 62.4 Å². The van der Waals surface area contributed by atoms with Crippen LogP contribution in [0.3, 0.4) is 0 Å². The fourth-order valence-electron chi connectivity index (χ4n) is 3.97. The lowest BCUT2D eigenvalue weighted by Gasteiger charge is -2.32. The minimum Gasteiger partial charge on any atom is -0.493 e. The quantitative estimate of drug-likeness (QED) is 0.234. The molecule has 3 rings (SSSR count). The highest BCUT2D eigenvalue weighted by atomic mass is 127. The van der Waals surface area contributed by atoms with Crippen molar-refractivity contribution in [3.63, 3.8) is 0 Å². The zero-order valence-electron chi connectivity index (χ0n) is 19.5. The highest BCUT2D eigenvalue weighted by Gasteiger charge is 2.21. The summed E-state index contributed by atoms with van der Waals surface area (Å²) in [6.07, 6.45) is 2.80. The highest BCUT2D eigenvalue weighted by molar-refractivity contribution is 14.0. The van der Waals surface area contributed by atoms with Crippen LogP contribution in [-0.4, -0.2) is 49.3 Å². The van der Waals surface area contributed by atoms with E-state index in [4.69, 9.17) is 14.5 Å². The van der Waals surface area contributed by atoms with Gasteiger partial charge < -0.3 is 24.3 Å². The zero-order chi connectivity index (χ0) is 22.2. The maximum absolute atomic E-state index is 12.0. The van der Waals surface area contributed by atoms with Crippen LogP contribution in [0.15, 0.2) is 40.1 Å². The Labute approximate surface area is 207 Å². The third-order valence-corrected chi connectivity index (χ3v) is 5.67. The van der Waals surface area contributed by atoms with Crippen LogP contribution >= 0.6 is 24.0 Å². The normalized spacial score (nSPS) is 13.2. The Bertz CT molecular complexity index is 974. The van der Waals surface area contributed by atoms with Gasteiger partial charge in [-0.15, -0.1) is 24.0 Å². The van der Waals surface area contributed by atoms with Crippen molar-refractivity contribution < 1.29 is 9.47 Å². The average Bonchev–Trinajstić information content (AvgIpc) is 2.78. The van der Waals surface area contributed by atoms with E-state index in [-0.39, 0.29) is 29.5 Å². The number of aromatic nitrogens is 1. The number of aliphatic imine (C=N–C) groups is 1. The number of pyridine rings is 1. The van der Waals surface area contributed by atoms with Crippen molar-refractivity contribution in [1.82, 2.24) is 14.8 Å². The molecular weight excluding hydrogens is 519 g/mol. The molecule has 0 unspecified atom stereocenters. The third kappa shape index (κ3) is 6.40. The molecule has 2 aromatic rings. The number of ether oxygens (including phenoxy) is 2. The topological polar surface area (TPSA) is 68.1 Å². The van der Waals surface area contributed by atoms with Gasteiger partial charge in [0, 0.05) is 44.5 Å². The van der Waals surface area contributed by atoms with Crippen LogP contribution in [0.25, 0.3) is 0 Å². The van der Waals surface area contributed by atoms with E-state index in [1.54, 1.807) is 20.3 Å². The van der Waals surface area contributed by atoms with Gasteiger partial charge in [-0.25, -0.2) is 0 Å². The van der Waals surface area contributed by atoms with E-state index in [2.05, 4.69) is 29.3 Å². The van der Waals surface area contributed by atoms with Gasteiger partial charge in [-0.1, -0.05) is 6.07 Å². The van der Waals surface area contributed by atoms with E-state index in [9.17, 15) is 4.79 Å². The van der Waals surface area contributed by atoms with E-state index in [1.807, 2.05) is 23.6 Å². The Hall–Kier alpha value is -2.23. The van der Waals surface area contributed by atoms with Crippen LogP contribution in [-0.2, 0) is 19.5 Å². The lowest BCUT2D eigenvalue weighted by molar-refractivity contribution is 0.346. The summed E-state index contributed by atoms with van der Waals surface area (Å²) in [5, 5.41) is 3.43. The lowest BCUT2D eigenvalue weighted by Crippen LogP contribution is -2.44. The Morgan fingerprint density at radius 1 is 1.12 bits per heavy atom. The minimum absolute atomic E-state index is 0. The number of benzene rings is 1. The molecule has 0 saturated carbocycles. The molecule has 0 atom stereocenters. The molecule has 8 heteroatoms. The fraction of sp³-hybridized carbons (Fsp3) is 0.500. The lowest BCUT2D eigenvalue weighted by atomic mass is 9.99. The number of rotatable bonds is 8. The molecule has 176 valence electrons. The predicted octanol–water partition coefficient (Wildman–Crippen LogP) is 3.60. The molecule has 0 radical (unpaired) electrons. The number of methoxy groups -OCH3 is 2. The van der Waals surface area contributed by atoms with E-state index in [1.165, 1.54) is 11.1 Å². The number of nitrogens with zero attached hydrogens (tertiary/aromatic N) is 3. The Balaban J connectivity index is 0.00000363. The number of fused-ring (bicyclic) bond motifs is 1. The van der Waals surface area contributed by atoms with E-state index < -0.39 is 0 Å². The molecule has 0 saturated heterocycles. The van der Waals surface area contributed by atoms with Crippen LogP contribution < -0.4 is 20.3 Å². The number of unbranched alkanes of at least 4 members (excludes halogenated alkanes) is 1. The van der Waals surface area contributed by atoms with E-state index in [0.717, 1.165) is 75.1 Å². The standard InChI is InChI=1S/C24H34N4O3.HI/c1-5-25-24(26-12-6-7-13-28-18(2)9-8-10-23(28)29)27-14-11-19-15-21(30-3)22(31-4)16-20(19)17-27;/h8-10,15-16H,5-7,11-14,17H2,1-4H3,(H,25,26);1H. The first kappa shape index (κ1) is 26.0. The van der Waals surface area contributed by atoms with Crippen molar-refractivity contribution in [3.05, 3.63) is 57.5 Å². The van der Waals surface area contributed by atoms with Crippen molar-refractivity contribution in [2.45, 2.75) is 46.2 Å².